The zero-order valence-corrected chi connectivity index (χ0v) is 15.1. The molecule has 2 N–H and O–H groups in total. The fraction of sp³-hybridized carbons (Fsp3) is 0.471. The Morgan fingerprint density at radius 2 is 1.89 bits per heavy atom. The summed E-state index contributed by atoms with van der Waals surface area (Å²) in [6, 6.07) is 2.62. The molecule has 1 aromatic carbocycles. The standard InChI is InChI=1S/C17H20F3N5O2/c1-9-15(11-5-4-10(6-13(11)26)17(18,19)20)22-23-16(21-9)25-7-12(24(2)3)14(27)8-25/h4-6,12,14,26-27H,7-8H2,1-3H3/t12-,14-/m0/s1. The van der Waals surface area contributed by atoms with E-state index in [2.05, 4.69) is 15.2 Å². The number of rotatable bonds is 3. The third-order valence-corrected chi connectivity index (χ3v) is 4.64. The maximum atomic E-state index is 12.7. The van der Waals surface area contributed by atoms with Crippen LogP contribution < -0.4 is 4.90 Å². The number of aromatic hydroxyl groups is 1. The fourth-order valence-electron chi connectivity index (χ4n) is 3.12. The molecule has 1 saturated heterocycles. The lowest BCUT2D eigenvalue weighted by atomic mass is 10.1. The number of halogens is 3. The number of phenols is 1. The Bertz CT molecular complexity index is 844. The highest BCUT2D eigenvalue weighted by Crippen LogP contribution is 2.36. The number of aryl methyl sites for hydroxylation is 1. The van der Waals surface area contributed by atoms with E-state index in [-0.39, 0.29) is 17.3 Å². The number of hydrogen-bond acceptors (Lipinski definition) is 7. The van der Waals surface area contributed by atoms with Crippen LogP contribution in [0.15, 0.2) is 18.2 Å². The lowest BCUT2D eigenvalue weighted by Crippen LogP contribution is -2.38. The van der Waals surface area contributed by atoms with Gasteiger partial charge in [-0.25, -0.2) is 4.98 Å². The average Bonchev–Trinajstić information content (AvgIpc) is 2.96. The van der Waals surface area contributed by atoms with Gasteiger partial charge in [0.2, 0.25) is 5.95 Å². The van der Waals surface area contributed by atoms with E-state index in [0.29, 0.717) is 30.8 Å². The van der Waals surface area contributed by atoms with Gasteiger partial charge in [0, 0.05) is 18.7 Å². The molecule has 0 aliphatic carbocycles. The van der Waals surface area contributed by atoms with Gasteiger partial charge in [0.15, 0.2) is 0 Å². The first-order chi connectivity index (χ1) is 12.6. The van der Waals surface area contributed by atoms with E-state index in [1.165, 1.54) is 0 Å². The van der Waals surface area contributed by atoms with Gasteiger partial charge in [-0.1, -0.05) is 0 Å². The Labute approximate surface area is 154 Å². The van der Waals surface area contributed by atoms with Crippen molar-refractivity contribution in [3.63, 3.8) is 0 Å². The lowest BCUT2D eigenvalue weighted by Gasteiger charge is -2.21. The Kier molecular flexibility index (Phi) is 4.96. The van der Waals surface area contributed by atoms with E-state index < -0.39 is 23.6 Å². The van der Waals surface area contributed by atoms with Crippen molar-refractivity contribution in [2.45, 2.75) is 25.2 Å². The number of aliphatic hydroxyl groups is 1. The van der Waals surface area contributed by atoms with Crippen molar-refractivity contribution in [3.05, 3.63) is 29.5 Å². The normalized spacial score (nSPS) is 20.5. The smallest absolute Gasteiger partial charge is 0.416 e. The molecule has 0 radical (unpaired) electrons. The maximum Gasteiger partial charge on any atom is 0.416 e. The minimum atomic E-state index is -4.54. The summed E-state index contributed by atoms with van der Waals surface area (Å²) in [5.74, 6) is -0.216. The highest BCUT2D eigenvalue weighted by Gasteiger charge is 2.35. The molecule has 0 amide bonds. The van der Waals surface area contributed by atoms with Gasteiger partial charge in [-0.3, -0.25) is 0 Å². The maximum absolute atomic E-state index is 12.7. The first-order valence-electron chi connectivity index (χ1n) is 8.29. The van der Waals surface area contributed by atoms with Gasteiger partial charge >= 0.3 is 6.18 Å². The summed E-state index contributed by atoms with van der Waals surface area (Å²) in [5, 5.41) is 28.2. The van der Waals surface area contributed by atoms with Crippen molar-refractivity contribution in [1.29, 1.82) is 0 Å². The summed E-state index contributed by atoms with van der Waals surface area (Å²) in [7, 11) is 3.75. The summed E-state index contributed by atoms with van der Waals surface area (Å²) < 4.78 is 38.2. The Morgan fingerprint density at radius 3 is 2.41 bits per heavy atom. The molecule has 0 bridgehead atoms. The van der Waals surface area contributed by atoms with Gasteiger partial charge in [0.25, 0.3) is 0 Å². The molecule has 27 heavy (non-hydrogen) atoms. The molecular formula is C17H20F3N5O2. The van der Waals surface area contributed by atoms with Gasteiger partial charge < -0.3 is 20.0 Å². The van der Waals surface area contributed by atoms with Crippen LogP contribution >= 0.6 is 0 Å². The first-order valence-corrected chi connectivity index (χ1v) is 8.29. The molecule has 0 unspecified atom stereocenters. The highest BCUT2D eigenvalue weighted by molar-refractivity contribution is 5.69. The number of phenolic OH excluding ortho intramolecular Hbond substituents is 1. The number of benzene rings is 1. The molecule has 10 heteroatoms. The second-order valence-electron chi connectivity index (χ2n) is 6.78. The van der Waals surface area contributed by atoms with Crippen LogP contribution in [0.25, 0.3) is 11.3 Å². The molecule has 0 spiro atoms. The second kappa shape index (κ2) is 6.93. The number of nitrogens with zero attached hydrogens (tertiary/aromatic N) is 5. The van der Waals surface area contributed by atoms with E-state index in [0.717, 1.165) is 12.1 Å². The number of hydrogen-bond donors (Lipinski definition) is 2. The summed E-state index contributed by atoms with van der Waals surface area (Å²) in [6.07, 6.45) is -5.10. The number of alkyl halides is 3. The molecule has 7 nitrogen and oxygen atoms in total. The Balaban J connectivity index is 1.88. The predicted molar refractivity (Wildman–Crippen MR) is 92.4 cm³/mol. The molecule has 3 rings (SSSR count). The molecule has 0 saturated carbocycles. The third kappa shape index (κ3) is 3.81. The van der Waals surface area contributed by atoms with Gasteiger partial charge in [-0.05, 0) is 39.2 Å². The SMILES string of the molecule is Cc1nc(N2C[C@H](O)[C@@H](N(C)C)C2)nnc1-c1ccc(C(F)(F)F)cc1O. The van der Waals surface area contributed by atoms with E-state index >= 15 is 0 Å². The van der Waals surface area contributed by atoms with E-state index in [9.17, 15) is 23.4 Å². The monoisotopic (exact) mass is 383 g/mol. The highest BCUT2D eigenvalue weighted by atomic mass is 19.4. The molecule has 1 aliphatic heterocycles. The largest absolute Gasteiger partial charge is 0.507 e. The van der Waals surface area contributed by atoms with Crippen LogP contribution in [0.3, 0.4) is 0 Å². The Hall–Kier alpha value is -2.46. The fourth-order valence-corrected chi connectivity index (χ4v) is 3.12. The zero-order chi connectivity index (χ0) is 19.9. The number of likely N-dealkylation sites (N-methyl/N-ethyl adjacent to an activating group) is 1. The molecule has 2 atom stereocenters. The molecular weight excluding hydrogens is 363 g/mol. The molecule has 1 fully saturated rings. The minimum absolute atomic E-state index is 0.0625. The minimum Gasteiger partial charge on any atom is -0.507 e. The lowest BCUT2D eigenvalue weighted by molar-refractivity contribution is -0.137. The summed E-state index contributed by atoms with van der Waals surface area (Å²) in [5.41, 5.74) is -0.203. The third-order valence-electron chi connectivity index (χ3n) is 4.64. The van der Waals surface area contributed by atoms with Crippen molar-refractivity contribution in [3.8, 4) is 17.0 Å². The number of β-amino-alcohol motifs (C(OH)–C–C–N with tert-alkyl or cyclic N) is 1. The topological polar surface area (TPSA) is 85.6 Å². The molecule has 1 aliphatic rings. The van der Waals surface area contributed by atoms with Gasteiger partial charge in [0.05, 0.1) is 23.4 Å². The Morgan fingerprint density at radius 1 is 1.19 bits per heavy atom. The van der Waals surface area contributed by atoms with Crippen LogP contribution in [0.4, 0.5) is 19.1 Å². The average molecular weight is 383 g/mol. The van der Waals surface area contributed by atoms with E-state index in [4.69, 9.17) is 0 Å². The number of aliphatic hydroxyl groups excluding tert-OH is 1. The van der Waals surface area contributed by atoms with Crippen LogP contribution in [-0.4, -0.2) is 69.6 Å². The van der Waals surface area contributed by atoms with Crippen molar-refractivity contribution in [2.75, 3.05) is 32.1 Å². The van der Waals surface area contributed by atoms with Gasteiger partial charge in [0.1, 0.15) is 11.4 Å². The van der Waals surface area contributed by atoms with Crippen LogP contribution in [0.5, 0.6) is 5.75 Å². The van der Waals surface area contributed by atoms with Crippen molar-refractivity contribution < 1.29 is 23.4 Å². The summed E-state index contributed by atoms with van der Waals surface area (Å²) in [4.78, 5) is 8.07. The summed E-state index contributed by atoms with van der Waals surface area (Å²) in [6.45, 7) is 2.52. The van der Waals surface area contributed by atoms with Crippen LogP contribution in [0, 0.1) is 6.92 Å². The molecule has 2 heterocycles. The van der Waals surface area contributed by atoms with Crippen molar-refractivity contribution >= 4 is 5.95 Å². The molecule has 1 aromatic heterocycles. The molecule has 146 valence electrons. The first kappa shape index (κ1) is 19.3. The van der Waals surface area contributed by atoms with Crippen LogP contribution in [-0.2, 0) is 6.18 Å². The van der Waals surface area contributed by atoms with Crippen molar-refractivity contribution in [2.24, 2.45) is 0 Å². The summed E-state index contributed by atoms with van der Waals surface area (Å²) >= 11 is 0. The van der Waals surface area contributed by atoms with Crippen LogP contribution in [0.1, 0.15) is 11.3 Å². The number of anilines is 1. The predicted octanol–water partition coefficient (Wildman–Crippen LogP) is 1.68. The number of aromatic nitrogens is 3. The zero-order valence-electron chi connectivity index (χ0n) is 15.1. The van der Waals surface area contributed by atoms with Gasteiger partial charge in [-0.15, -0.1) is 10.2 Å². The molecule has 2 aromatic rings. The van der Waals surface area contributed by atoms with Gasteiger partial charge in [-0.2, -0.15) is 13.2 Å². The van der Waals surface area contributed by atoms with E-state index in [1.807, 2.05) is 19.0 Å². The van der Waals surface area contributed by atoms with Crippen LogP contribution in [0.2, 0.25) is 0 Å². The van der Waals surface area contributed by atoms with Crippen molar-refractivity contribution in [1.82, 2.24) is 20.1 Å². The second-order valence-corrected chi connectivity index (χ2v) is 6.78. The quantitative estimate of drug-likeness (QED) is 0.834. The van der Waals surface area contributed by atoms with E-state index in [1.54, 1.807) is 11.8 Å².